The molecule has 1 saturated carbocycles. The molecule has 2 N–H and O–H groups in total. The van der Waals surface area contributed by atoms with E-state index in [1.54, 1.807) is 26.4 Å². The van der Waals surface area contributed by atoms with Gasteiger partial charge in [-0.15, -0.1) is 0 Å². The normalized spacial score (nSPS) is 17.8. The molecule has 7 nitrogen and oxygen atoms in total. The fourth-order valence-corrected chi connectivity index (χ4v) is 3.81. The van der Waals surface area contributed by atoms with Gasteiger partial charge in [0.25, 0.3) is 0 Å². The molecule has 28 heavy (non-hydrogen) atoms. The zero-order valence-electron chi connectivity index (χ0n) is 16.9. The lowest BCUT2D eigenvalue weighted by Crippen LogP contribution is -2.48. The van der Waals surface area contributed by atoms with Crippen molar-refractivity contribution in [1.82, 2.24) is 20.5 Å². The van der Waals surface area contributed by atoms with Crippen LogP contribution in [0.5, 0.6) is 0 Å². The van der Waals surface area contributed by atoms with Gasteiger partial charge in [0.05, 0.1) is 5.92 Å². The fraction of sp³-hybridized carbons (Fsp3) is 0.619. The van der Waals surface area contributed by atoms with Gasteiger partial charge in [-0.1, -0.05) is 6.07 Å². The van der Waals surface area contributed by atoms with Crippen molar-refractivity contribution in [3.05, 3.63) is 30.1 Å². The summed E-state index contributed by atoms with van der Waals surface area (Å²) in [4.78, 5) is 42.7. The van der Waals surface area contributed by atoms with Crippen LogP contribution in [0.2, 0.25) is 0 Å². The van der Waals surface area contributed by atoms with Gasteiger partial charge in [-0.05, 0) is 57.2 Å². The van der Waals surface area contributed by atoms with E-state index < -0.39 is 0 Å². The molecule has 1 heterocycles. The summed E-state index contributed by atoms with van der Waals surface area (Å²) in [5.74, 6) is 0.0435. The smallest absolute Gasteiger partial charge is 0.324 e. The van der Waals surface area contributed by atoms with E-state index in [0.29, 0.717) is 45.3 Å². The van der Waals surface area contributed by atoms with Gasteiger partial charge in [0, 0.05) is 44.9 Å². The second kappa shape index (κ2) is 11.5. The van der Waals surface area contributed by atoms with E-state index in [-0.39, 0.29) is 29.6 Å². The van der Waals surface area contributed by atoms with Crippen LogP contribution in [0.25, 0.3) is 0 Å². The van der Waals surface area contributed by atoms with Gasteiger partial charge in [0.2, 0.25) is 5.91 Å². The molecule has 154 valence electrons. The molecule has 2 unspecified atom stereocenters. The minimum absolute atomic E-state index is 0.172. The summed E-state index contributed by atoms with van der Waals surface area (Å²) in [5, 5.41) is 5.90. The minimum atomic E-state index is -0.364. The lowest BCUT2D eigenvalue weighted by molar-refractivity contribution is -0.133. The highest BCUT2D eigenvalue weighted by molar-refractivity contribution is 5.95. The number of imide groups is 1. The molecule has 0 aromatic carbocycles. The summed E-state index contributed by atoms with van der Waals surface area (Å²) in [6.07, 6.45) is 7.86. The Hall–Kier alpha value is -2.28. The molecule has 1 aliphatic rings. The Morgan fingerprint density at radius 2 is 2.21 bits per heavy atom. The number of hydrogen-bond donors (Lipinski definition) is 2. The van der Waals surface area contributed by atoms with Crippen molar-refractivity contribution in [2.75, 3.05) is 26.7 Å². The number of hydrogen-bond acceptors (Lipinski definition) is 5. The van der Waals surface area contributed by atoms with Crippen LogP contribution in [0.15, 0.2) is 24.5 Å². The summed E-state index contributed by atoms with van der Waals surface area (Å²) < 4.78 is 0. The predicted molar refractivity (Wildman–Crippen MR) is 108 cm³/mol. The molecule has 3 amide bonds. The van der Waals surface area contributed by atoms with Crippen LogP contribution in [-0.4, -0.2) is 54.3 Å². The number of nitrogens with one attached hydrogen (secondary N) is 2. The van der Waals surface area contributed by atoms with Crippen molar-refractivity contribution in [1.29, 1.82) is 0 Å². The molecule has 1 aliphatic carbocycles. The zero-order chi connectivity index (χ0) is 20.4. The Kier molecular flexibility index (Phi) is 9.07. The van der Waals surface area contributed by atoms with Crippen LogP contribution in [0.4, 0.5) is 4.79 Å². The van der Waals surface area contributed by atoms with Crippen molar-refractivity contribution < 1.29 is 14.4 Å². The minimum Gasteiger partial charge on any atom is -0.337 e. The molecule has 0 saturated heterocycles. The molecule has 0 aliphatic heterocycles. The zero-order valence-corrected chi connectivity index (χ0v) is 16.9. The number of ketones is 1. The van der Waals surface area contributed by atoms with Crippen LogP contribution >= 0.6 is 0 Å². The number of urea groups is 1. The van der Waals surface area contributed by atoms with E-state index in [2.05, 4.69) is 15.6 Å². The maximum absolute atomic E-state index is 13.0. The van der Waals surface area contributed by atoms with Crippen molar-refractivity contribution in [2.45, 2.75) is 45.4 Å². The van der Waals surface area contributed by atoms with Gasteiger partial charge >= 0.3 is 6.03 Å². The topological polar surface area (TPSA) is 91.4 Å². The highest BCUT2D eigenvalue weighted by Crippen LogP contribution is 2.28. The third-order valence-corrected chi connectivity index (χ3v) is 5.24. The Morgan fingerprint density at radius 1 is 1.39 bits per heavy atom. The van der Waals surface area contributed by atoms with Gasteiger partial charge in [-0.3, -0.25) is 19.5 Å². The second-order valence-electron chi connectivity index (χ2n) is 7.42. The van der Waals surface area contributed by atoms with Crippen LogP contribution in [0.1, 0.15) is 44.6 Å². The Labute approximate surface area is 167 Å². The molecule has 0 radical (unpaired) electrons. The average molecular weight is 389 g/mol. The predicted octanol–water partition coefficient (Wildman–Crippen LogP) is 2.17. The largest absolute Gasteiger partial charge is 0.337 e. The summed E-state index contributed by atoms with van der Waals surface area (Å²) in [6.45, 7) is 3.08. The van der Waals surface area contributed by atoms with Crippen LogP contribution in [0, 0.1) is 11.8 Å². The van der Waals surface area contributed by atoms with Gasteiger partial charge in [-0.2, -0.15) is 0 Å². The van der Waals surface area contributed by atoms with E-state index in [4.69, 9.17) is 0 Å². The van der Waals surface area contributed by atoms with Gasteiger partial charge < -0.3 is 10.6 Å². The third-order valence-electron chi connectivity index (χ3n) is 5.24. The average Bonchev–Trinajstić information content (AvgIpc) is 2.69. The fourth-order valence-electron chi connectivity index (χ4n) is 3.81. The van der Waals surface area contributed by atoms with E-state index >= 15 is 0 Å². The molecular formula is C21H32N4O3. The molecule has 2 atom stereocenters. The van der Waals surface area contributed by atoms with Crippen LogP contribution in [-0.2, 0) is 16.0 Å². The molecular weight excluding hydrogens is 356 g/mol. The van der Waals surface area contributed by atoms with Crippen molar-refractivity contribution >= 4 is 17.7 Å². The maximum atomic E-state index is 13.0. The van der Waals surface area contributed by atoms with Crippen molar-refractivity contribution in [3.8, 4) is 0 Å². The first-order valence-corrected chi connectivity index (χ1v) is 10.2. The van der Waals surface area contributed by atoms with E-state index in [1.165, 1.54) is 4.90 Å². The lowest BCUT2D eigenvalue weighted by atomic mass is 9.81. The summed E-state index contributed by atoms with van der Waals surface area (Å²) in [6, 6.07) is 3.45. The summed E-state index contributed by atoms with van der Waals surface area (Å²) >= 11 is 0. The van der Waals surface area contributed by atoms with Crippen LogP contribution in [0.3, 0.4) is 0 Å². The molecule has 7 heteroatoms. The number of rotatable bonds is 9. The highest BCUT2D eigenvalue weighted by atomic mass is 16.2. The lowest BCUT2D eigenvalue weighted by Gasteiger charge is -2.29. The Morgan fingerprint density at radius 3 is 2.86 bits per heavy atom. The SMILES string of the molecule is CCN(C(=O)NCCc1cccnc1)C(=O)C(CNC)CC1CCCC(=O)C1. The van der Waals surface area contributed by atoms with E-state index in [9.17, 15) is 14.4 Å². The Bertz CT molecular complexity index is 650. The van der Waals surface area contributed by atoms with E-state index in [1.807, 2.05) is 12.1 Å². The third kappa shape index (κ3) is 6.71. The standard InChI is InChI=1S/C21H32N4O3/c1-3-25(21(28)24-11-9-16-7-5-10-23-14-16)20(27)18(15-22-2)12-17-6-4-8-19(26)13-17/h5,7,10,14,17-18,22H,3-4,6,8-9,11-13,15H2,1-2H3,(H,24,28). The van der Waals surface area contributed by atoms with Crippen molar-refractivity contribution in [3.63, 3.8) is 0 Å². The number of Topliss-reactive ketones (excluding diaryl/α,β-unsaturated/α-hetero) is 1. The van der Waals surface area contributed by atoms with Gasteiger partial charge in [0.1, 0.15) is 5.78 Å². The molecule has 1 aromatic heterocycles. The van der Waals surface area contributed by atoms with Crippen LogP contribution < -0.4 is 10.6 Å². The summed E-state index contributed by atoms with van der Waals surface area (Å²) in [5.41, 5.74) is 1.03. The first-order chi connectivity index (χ1) is 13.5. The van der Waals surface area contributed by atoms with Crippen molar-refractivity contribution in [2.24, 2.45) is 11.8 Å². The number of nitrogens with zero attached hydrogens (tertiary/aromatic N) is 2. The molecule has 0 bridgehead atoms. The maximum Gasteiger partial charge on any atom is 0.324 e. The summed E-state index contributed by atoms with van der Waals surface area (Å²) in [7, 11) is 1.80. The number of carbonyl (C=O) groups excluding carboxylic acids is 3. The van der Waals surface area contributed by atoms with Gasteiger partial charge in [0.15, 0.2) is 0 Å². The molecule has 2 rings (SSSR count). The monoisotopic (exact) mass is 388 g/mol. The number of amides is 3. The highest BCUT2D eigenvalue weighted by Gasteiger charge is 2.31. The molecule has 0 spiro atoms. The van der Waals surface area contributed by atoms with Gasteiger partial charge in [-0.25, -0.2) is 4.79 Å². The van der Waals surface area contributed by atoms with E-state index in [0.717, 1.165) is 18.4 Å². The second-order valence-corrected chi connectivity index (χ2v) is 7.42. The molecule has 1 aromatic rings. The quantitative estimate of drug-likeness (QED) is 0.676. The number of aromatic nitrogens is 1. The first-order valence-electron chi connectivity index (χ1n) is 10.2. The molecule has 1 fully saturated rings. The Balaban J connectivity index is 1.91. The number of pyridine rings is 1. The number of carbonyl (C=O) groups is 3. The first kappa shape index (κ1) is 22.0.